The Morgan fingerprint density at radius 3 is 2.52 bits per heavy atom. The van der Waals surface area contributed by atoms with E-state index in [0.717, 1.165) is 15.7 Å². The molecular weight excluding hydrogens is 330 g/mol. The third-order valence-electron chi connectivity index (χ3n) is 3.48. The molecule has 4 heteroatoms. The molecule has 0 radical (unpaired) electrons. The van der Waals surface area contributed by atoms with Gasteiger partial charge in [0, 0.05) is 22.6 Å². The maximum atomic E-state index is 12.4. The zero-order valence-electron chi connectivity index (χ0n) is 11.3. The van der Waals surface area contributed by atoms with Gasteiger partial charge in [0.2, 0.25) is 0 Å². The van der Waals surface area contributed by atoms with Crippen LogP contribution in [0.15, 0.2) is 59.1 Å². The third-order valence-corrected chi connectivity index (χ3v) is 4.12. The third kappa shape index (κ3) is 2.32. The minimum atomic E-state index is -0.167. The lowest BCUT2D eigenvalue weighted by Crippen LogP contribution is -2.21. The molecular formula is C17H12BrNO2. The summed E-state index contributed by atoms with van der Waals surface area (Å²) >= 11 is 3.45. The summed E-state index contributed by atoms with van der Waals surface area (Å²) in [6.45, 7) is 0. The molecule has 1 aliphatic rings. The molecule has 0 N–H and O–H groups in total. The van der Waals surface area contributed by atoms with E-state index in [-0.39, 0.29) is 11.7 Å². The highest BCUT2D eigenvalue weighted by molar-refractivity contribution is 9.10. The number of likely N-dealkylation sites (N-methyl/N-ethyl adjacent to an activating group) is 1. The van der Waals surface area contributed by atoms with Crippen molar-refractivity contribution in [1.82, 2.24) is 0 Å². The van der Waals surface area contributed by atoms with Crippen LogP contribution in [0.2, 0.25) is 0 Å². The number of hydrogen-bond donors (Lipinski definition) is 0. The van der Waals surface area contributed by atoms with Crippen LogP contribution >= 0.6 is 15.9 Å². The monoisotopic (exact) mass is 341 g/mol. The number of allylic oxidation sites excluding steroid dienone is 1. The Bertz CT molecular complexity index is 766. The van der Waals surface area contributed by atoms with Gasteiger partial charge in [-0.3, -0.25) is 9.59 Å². The van der Waals surface area contributed by atoms with Gasteiger partial charge < -0.3 is 4.90 Å². The number of anilines is 1. The number of rotatable bonds is 2. The predicted octanol–water partition coefficient (Wildman–Crippen LogP) is 3.69. The standard InChI is InChI=1S/C17H12BrNO2/c1-19-16-12(8-5-9-14(16)18)13(17(19)21)10-15(20)11-6-3-2-4-7-11/h2-10H,1H3. The van der Waals surface area contributed by atoms with Crippen molar-refractivity contribution in [2.45, 2.75) is 0 Å². The molecule has 1 aliphatic heterocycles. The SMILES string of the molecule is CN1C(=O)C(=CC(=O)c2ccccc2)c2cccc(Br)c21. The van der Waals surface area contributed by atoms with E-state index in [4.69, 9.17) is 0 Å². The van der Waals surface area contributed by atoms with Crippen LogP contribution in [0.25, 0.3) is 5.57 Å². The average molecular weight is 342 g/mol. The smallest absolute Gasteiger partial charge is 0.258 e. The van der Waals surface area contributed by atoms with Gasteiger partial charge in [-0.15, -0.1) is 0 Å². The first-order valence-electron chi connectivity index (χ1n) is 6.47. The van der Waals surface area contributed by atoms with E-state index in [2.05, 4.69) is 15.9 Å². The van der Waals surface area contributed by atoms with Gasteiger partial charge >= 0.3 is 0 Å². The van der Waals surface area contributed by atoms with E-state index in [1.165, 1.54) is 6.08 Å². The van der Waals surface area contributed by atoms with Gasteiger partial charge in [-0.25, -0.2) is 0 Å². The highest BCUT2D eigenvalue weighted by Crippen LogP contribution is 2.40. The number of benzene rings is 2. The number of carbonyl (C=O) groups excluding carboxylic acids is 2. The first-order chi connectivity index (χ1) is 10.1. The first-order valence-corrected chi connectivity index (χ1v) is 7.27. The minimum Gasteiger partial charge on any atom is -0.310 e. The van der Waals surface area contributed by atoms with Crippen molar-refractivity contribution in [3.63, 3.8) is 0 Å². The van der Waals surface area contributed by atoms with Crippen LogP contribution < -0.4 is 4.90 Å². The van der Waals surface area contributed by atoms with E-state index in [9.17, 15) is 9.59 Å². The van der Waals surface area contributed by atoms with Gasteiger partial charge in [0.15, 0.2) is 5.78 Å². The molecule has 3 rings (SSSR count). The summed E-state index contributed by atoms with van der Waals surface area (Å²) in [6.07, 6.45) is 1.42. The van der Waals surface area contributed by atoms with Crippen molar-refractivity contribution < 1.29 is 9.59 Å². The molecule has 0 fully saturated rings. The van der Waals surface area contributed by atoms with Gasteiger partial charge in [0.1, 0.15) is 0 Å². The van der Waals surface area contributed by atoms with Gasteiger partial charge in [0.05, 0.1) is 11.3 Å². The Balaban J connectivity index is 2.08. The summed E-state index contributed by atoms with van der Waals surface area (Å²) in [4.78, 5) is 26.2. The van der Waals surface area contributed by atoms with Gasteiger partial charge in [-0.2, -0.15) is 0 Å². The molecule has 0 saturated carbocycles. The van der Waals surface area contributed by atoms with Crippen molar-refractivity contribution in [1.29, 1.82) is 0 Å². The summed E-state index contributed by atoms with van der Waals surface area (Å²) in [5, 5.41) is 0. The lowest BCUT2D eigenvalue weighted by molar-refractivity contribution is -0.112. The molecule has 1 heterocycles. The second kappa shape index (κ2) is 5.30. The van der Waals surface area contributed by atoms with Crippen molar-refractivity contribution in [2.24, 2.45) is 0 Å². The first kappa shape index (κ1) is 13.8. The summed E-state index contributed by atoms with van der Waals surface area (Å²) in [6, 6.07) is 14.5. The summed E-state index contributed by atoms with van der Waals surface area (Å²) in [7, 11) is 1.71. The topological polar surface area (TPSA) is 37.4 Å². The molecule has 0 unspecified atom stereocenters. The maximum absolute atomic E-state index is 12.4. The second-order valence-corrected chi connectivity index (χ2v) is 5.64. The summed E-state index contributed by atoms with van der Waals surface area (Å²) in [5.41, 5.74) is 2.59. The summed E-state index contributed by atoms with van der Waals surface area (Å²) in [5.74, 6) is -0.332. The predicted molar refractivity (Wildman–Crippen MR) is 86.3 cm³/mol. The van der Waals surface area contributed by atoms with E-state index in [1.54, 1.807) is 36.2 Å². The Hall–Kier alpha value is -2.20. The van der Waals surface area contributed by atoms with Crippen LogP contribution in [0.3, 0.4) is 0 Å². The molecule has 1 amide bonds. The molecule has 0 aromatic heterocycles. The number of para-hydroxylation sites is 1. The van der Waals surface area contributed by atoms with Crippen molar-refractivity contribution in [3.05, 3.63) is 70.2 Å². The van der Waals surface area contributed by atoms with Crippen LogP contribution in [0.4, 0.5) is 5.69 Å². The minimum absolute atomic E-state index is 0.166. The normalized spacial score (nSPS) is 15.4. The van der Waals surface area contributed by atoms with Crippen LogP contribution in [0.1, 0.15) is 15.9 Å². The highest BCUT2D eigenvalue weighted by atomic mass is 79.9. The fourth-order valence-electron chi connectivity index (χ4n) is 2.43. The van der Waals surface area contributed by atoms with E-state index in [0.29, 0.717) is 11.1 Å². The van der Waals surface area contributed by atoms with Crippen LogP contribution in [-0.2, 0) is 4.79 Å². The molecule has 0 spiro atoms. The molecule has 0 aliphatic carbocycles. The van der Waals surface area contributed by atoms with Crippen LogP contribution in [0.5, 0.6) is 0 Å². The molecule has 104 valence electrons. The van der Waals surface area contributed by atoms with Crippen molar-refractivity contribution in [2.75, 3.05) is 11.9 Å². The number of amides is 1. The Kier molecular flexibility index (Phi) is 3.47. The Morgan fingerprint density at radius 2 is 1.81 bits per heavy atom. The van der Waals surface area contributed by atoms with E-state index < -0.39 is 0 Å². The highest BCUT2D eigenvalue weighted by Gasteiger charge is 2.31. The zero-order valence-corrected chi connectivity index (χ0v) is 12.9. The molecule has 2 aromatic carbocycles. The number of fused-ring (bicyclic) bond motifs is 1. The van der Waals surface area contributed by atoms with Gasteiger partial charge in [-0.05, 0) is 28.1 Å². The molecule has 3 nitrogen and oxygen atoms in total. The lowest BCUT2D eigenvalue weighted by Gasteiger charge is -2.10. The number of hydrogen-bond acceptors (Lipinski definition) is 2. The molecule has 0 saturated heterocycles. The molecule has 0 bridgehead atoms. The Labute approximate surface area is 131 Å². The number of nitrogens with zero attached hydrogens (tertiary/aromatic N) is 1. The second-order valence-electron chi connectivity index (χ2n) is 4.79. The number of ketones is 1. The lowest BCUT2D eigenvalue weighted by atomic mass is 10.0. The van der Waals surface area contributed by atoms with Gasteiger partial charge in [0.25, 0.3) is 5.91 Å². The van der Waals surface area contributed by atoms with Crippen molar-refractivity contribution in [3.8, 4) is 0 Å². The molecule has 0 atom stereocenters. The maximum Gasteiger partial charge on any atom is 0.258 e. The Morgan fingerprint density at radius 1 is 1.10 bits per heavy atom. The number of halogens is 1. The fourth-order valence-corrected chi connectivity index (χ4v) is 3.06. The molecule has 2 aromatic rings. The van der Waals surface area contributed by atoms with E-state index in [1.807, 2.05) is 24.3 Å². The fraction of sp³-hybridized carbons (Fsp3) is 0.0588. The summed E-state index contributed by atoms with van der Waals surface area (Å²) < 4.78 is 0.839. The van der Waals surface area contributed by atoms with Crippen LogP contribution in [0, 0.1) is 0 Å². The van der Waals surface area contributed by atoms with E-state index >= 15 is 0 Å². The average Bonchev–Trinajstić information content (AvgIpc) is 2.74. The largest absolute Gasteiger partial charge is 0.310 e. The van der Waals surface area contributed by atoms with Gasteiger partial charge in [-0.1, -0.05) is 42.5 Å². The van der Waals surface area contributed by atoms with Crippen LogP contribution in [-0.4, -0.2) is 18.7 Å². The zero-order chi connectivity index (χ0) is 15.0. The van der Waals surface area contributed by atoms with Crippen molar-refractivity contribution >= 4 is 38.9 Å². The number of carbonyl (C=O) groups is 2. The molecule has 21 heavy (non-hydrogen) atoms. The quantitative estimate of drug-likeness (QED) is 0.617.